The maximum absolute atomic E-state index is 13.9. The molecule has 21 nitrogen and oxygen atoms in total. The molecule has 2 aromatic heterocycles. The van der Waals surface area contributed by atoms with Gasteiger partial charge in [-0.1, -0.05) is 27.7 Å². The third kappa shape index (κ3) is 18.3. The van der Waals surface area contributed by atoms with Crippen LogP contribution in [0.25, 0.3) is 21.1 Å². The van der Waals surface area contributed by atoms with E-state index in [1.165, 1.54) is 11.9 Å². The number of anilines is 2. The Labute approximate surface area is 463 Å². The van der Waals surface area contributed by atoms with Gasteiger partial charge in [0.1, 0.15) is 48.1 Å². The van der Waals surface area contributed by atoms with Crippen molar-refractivity contribution in [2.24, 2.45) is 11.3 Å². The highest BCUT2D eigenvalue weighted by molar-refractivity contribution is 7.92. The molecule has 5 rings (SSSR count). The lowest BCUT2D eigenvalue weighted by molar-refractivity contribution is -0.128. The van der Waals surface area contributed by atoms with Crippen LogP contribution in [0.1, 0.15) is 82.6 Å². The number of aromatic nitrogens is 2. The molecule has 78 heavy (non-hydrogen) atoms. The highest BCUT2D eigenvalue weighted by Crippen LogP contribution is 2.38. The predicted molar refractivity (Wildman–Crippen MR) is 300 cm³/mol. The van der Waals surface area contributed by atoms with E-state index in [1.54, 1.807) is 82.8 Å². The fourth-order valence-corrected chi connectivity index (χ4v) is 10.4. The maximum Gasteiger partial charge on any atom is 0.410 e. The minimum absolute atomic E-state index is 0.00616. The van der Waals surface area contributed by atoms with E-state index in [0.717, 1.165) is 22.2 Å². The SMILES string of the molecule is CC(C)[C@@H](C)NC(=O)[C@@H]1C[C@H](NC(=O)COCCOCCOCCOCCOc2cc3nccc(Nc4ccc5scnc5c4)c3cc2S(=O)(=O)C(C)(C)C)CN1CC(C)(C)[C@@H](C=O)NC[C@@H](C=O)N(C)C(=O)OC(C)(C)C. The molecule has 432 valence electrons. The summed E-state index contributed by atoms with van der Waals surface area (Å²) in [6.07, 6.45) is 2.71. The fraction of sp³-hybridized carbons (Fsp3) is 0.618. The zero-order valence-corrected chi connectivity index (χ0v) is 49.0. The van der Waals surface area contributed by atoms with Crippen molar-refractivity contribution in [3.63, 3.8) is 0 Å². The number of carbonyl (C=O) groups is 5. The van der Waals surface area contributed by atoms with Gasteiger partial charge in [-0.25, -0.2) is 18.2 Å². The highest BCUT2D eigenvalue weighted by Gasteiger charge is 2.43. The second-order valence-electron chi connectivity index (χ2n) is 22.5. The normalized spacial score (nSPS) is 16.7. The van der Waals surface area contributed by atoms with Crippen LogP contribution in [0.3, 0.4) is 0 Å². The Bertz CT molecular complexity index is 2740. The van der Waals surface area contributed by atoms with Crippen LogP contribution in [0.15, 0.2) is 53.0 Å². The third-order valence-electron chi connectivity index (χ3n) is 13.3. The van der Waals surface area contributed by atoms with Gasteiger partial charge >= 0.3 is 6.09 Å². The Morgan fingerprint density at radius 3 is 2.12 bits per heavy atom. The highest BCUT2D eigenvalue weighted by atomic mass is 32.2. The van der Waals surface area contributed by atoms with E-state index >= 15 is 0 Å². The van der Waals surface area contributed by atoms with Crippen LogP contribution in [0.2, 0.25) is 0 Å². The number of rotatable bonds is 31. The zero-order valence-electron chi connectivity index (χ0n) is 47.3. The van der Waals surface area contributed by atoms with Crippen LogP contribution >= 0.6 is 11.3 Å². The van der Waals surface area contributed by atoms with Gasteiger partial charge in [0.25, 0.3) is 0 Å². The minimum atomic E-state index is -3.84. The molecule has 1 aliphatic heterocycles. The number of benzene rings is 2. The molecule has 4 N–H and O–H groups in total. The maximum atomic E-state index is 13.9. The lowest BCUT2D eigenvalue weighted by Gasteiger charge is -2.38. The molecule has 0 spiro atoms. The molecule has 0 aliphatic carbocycles. The van der Waals surface area contributed by atoms with Crippen molar-refractivity contribution in [3.05, 3.63) is 48.1 Å². The molecular weight excluding hydrogens is 1040 g/mol. The van der Waals surface area contributed by atoms with Gasteiger partial charge in [0.15, 0.2) is 9.84 Å². The van der Waals surface area contributed by atoms with Gasteiger partial charge in [-0.3, -0.25) is 19.5 Å². The first-order chi connectivity index (χ1) is 36.7. The monoisotopic (exact) mass is 1130 g/mol. The third-order valence-corrected chi connectivity index (χ3v) is 16.6. The number of nitrogens with one attached hydrogen (secondary N) is 4. The first-order valence-corrected chi connectivity index (χ1v) is 28.8. The first kappa shape index (κ1) is 63.4. The minimum Gasteiger partial charge on any atom is -0.490 e. The van der Waals surface area contributed by atoms with Gasteiger partial charge in [0, 0.05) is 67.8 Å². The number of likely N-dealkylation sites (tertiary alicyclic amines) is 1. The van der Waals surface area contributed by atoms with Crippen LogP contribution in [0, 0.1) is 11.3 Å². The number of sulfone groups is 1. The Kier molecular flexibility index (Phi) is 23.3. The number of aldehydes is 2. The second-order valence-corrected chi connectivity index (χ2v) is 26.0. The average molecular weight is 1130 g/mol. The number of fused-ring (bicyclic) bond motifs is 2. The summed E-state index contributed by atoms with van der Waals surface area (Å²) in [6, 6.07) is 8.22. The van der Waals surface area contributed by atoms with Crippen molar-refractivity contribution >= 4 is 84.1 Å². The molecule has 1 aliphatic rings. The summed E-state index contributed by atoms with van der Waals surface area (Å²) in [5.74, 6) is -0.150. The van der Waals surface area contributed by atoms with Gasteiger partial charge in [-0.15, -0.1) is 11.3 Å². The molecule has 0 radical (unpaired) electrons. The van der Waals surface area contributed by atoms with Crippen molar-refractivity contribution in [3.8, 4) is 5.75 Å². The number of hydrogen-bond donors (Lipinski definition) is 4. The van der Waals surface area contributed by atoms with E-state index in [4.69, 9.17) is 28.4 Å². The summed E-state index contributed by atoms with van der Waals surface area (Å²) in [5, 5.41) is 13.3. The molecule has 0 bridgehead atoms. The van der Waals surface area contributed by atoms with Crippen LogP contribution in [0.5, 0.6) is 5.75 Å². The number of hydrogen-bond acceptors (Lipinski definition) is 19. The molecule has 3 amide bonds. The van der Waals surface area contributed by atoms with Gasteiger partial charge in [0.05, 0.1) is 84.3 Å². The van der Waals surface area contributed by atoms with Gasteiger partial charge in [-0.05, 0) is 96.6 Å². The quantitative estimate of drug-likeness (QED) is 0.0336. The molecule has 0 saturated carbocycles. The molecule has 4 aromatic rings. The number of carbonyl (C=O) groups excluding carboxylic acids is 5. The number of likely N-dealkylation sites (N-methyl/N-ethyl adjacent to an activating group) is 1. The van der Waals surface area contributed by atoms with Gasteiger partial charge < -0.3 is 64.2 Å². The van der Waals surface area contributed by atoms with E-state index in [9.17, 15) is 32.4 Å². The molecule has 1 fully saturated rings. The van der Waals surface area contributed by atoms with Crippen LogP contribution in [-0.2, 0) is 52.7 Å². The molecule has 5 atom stereocenters. The molecular formula is C55H82N8O13S2. The number of nitrogens with zero attached hydrogens (tertiary/aromatic N) is 4. The zero-order chi connectivity index (χ0) is 57.4. The Hall–Kier alpha value is -5.40. The Balaban J connectivity index is 1.00. The van der Waals surface area contributed by atoms with Crippen LogP contribution in [-0.4, -0.2) is 185 Å². The molecule has 2 aromatic carbocycles. The molecule has 0 unspecified atom stereocenters. The van der Waals surface area contributed by atoms with E-state index in [-0.39, 0.29) is 99.9 Å². The predicted octanol–water partition coefficient (Wildman–Crippen LogP) is 5.94. The second kappa shape index (κ2) is 28.7. The Morgan fingerprint density at radius 1 is 0.846 bits per heavy atom. The van der Waals surface area contributed by atoms with Crippen molar-refractivity contribution in [1.29, 1.82) is 0 Å². The molecule has 3 heterocycles. The van der Waals surface area contributed by atoms with Crippen molar-refractivity contribution in [2.75, 3.05) is 91.5 Å². The number of amides is 3. The topological polar surface area (TPSA) is 255 Å². The average Bonchev–Trinajstić information content (AvgIpc) is 4.00. The summed E-state index contributed by atoms with van der Waals surface area (Å²) >= 11 is 1.56. The lowest BCUT2D eigenvalue weighted by atomic mass is 9.84. The summed E-state index contributed by atoms with van der Waals surface area (Å²) in [7, 11) is -2.38. The van der Waals surface area contributed by atoms with E-state index in [2.05, 4.69) is 31.2 Å². The number of ether oxygens (including phenoxy) is 6. The largest absolute Gasteiger partial charge is 0.490 e. The smallest absolute Gasteiger partial charge is 0.410 e. The summed E-state index contributed by atoms with van der Waals surface area (Å²) < 4.78 is 61.7. The Morgan fingerprint density at radius 2 is 1.50 bits per heavy atom. The number of thiazole rings is 1. The van der Waals surface area contributed by atoms with E-state index in [0.29, 0.717) is 49.0 Å². The standard InChI is InChI=1S/C55H82N8O13S2/c1-36(2)37(3)59-51(67)45-26-39(30-63(45)34-55(10,11)49(32-65)57-29-40(31-64)62(12)52(68)76-53(4,5)6)61-50(66)33-74-22-21-72-18-17-71-19-20-73-23-24-75-46-28-43-41(27-48(46)78(69,70)54(7,8)9)42(15-16-56-43)60-38-13-14-47-44(25-38)58-35-77-47/h13-16,25,27-28,31-32,35-37,39-40,45,49,57H,17-24,26,29-30,33-34H2,1-12H3,(H,56,60)(H,59,67)(H,61,66)/t37-,39+,40+,45+,49-/m1/s1. The van der Waals surface area contributed by atoms with Crippen molar-refractivity contribution in [2.45, 2.75) is 128 Å². The first-order valence-electron chi connectivity index (χ1n) is 26.4. The van der Waals surface area contributed by atoms with Crippen molar-refractivity contribution in [1.82, 2.24) is 35.7 Å². The van der Waals surface area contributed by atoms with Gasteiger partial charge in [0.2, 0.25) is 11.8 Å². The summed E-state index contributed by atoms with van der Waals surface area (Å²) in [6.45, 7) is 22.1. The van der Waals surface area contributed by atoms with E-state index in [1.807, 2.05) is 57.7 Å². The van der Waals surface area contributed by atoms with Gasteiger partial charge in [-0.2, -0.15) is 0 Å². The van der Waals surface area contributed by atoms with E-state index < -0.39 is 49.8 Å². The molecule has 1 saturated heterocycles. The van der Waals surface area contributed by atoms with Crippen molar-refractivity contribution < 1.29 is 60.8 Å². The molecule has 23 heteroatoms. The van der Waals surface area contributed by atoms with Crippen LogP contribution in [0.4, 0.5) is 16.2 Å². The fourth-order valence-electron chi connectivity index (χ4n) is 8.38. The summed E-state index contributed by atoms with van der Waals surface area (Å²) in [4.78, 5) is 76.1. The van der Waals surface area contributed by atoms with Crippen LogP contribution < -0.4 is 26.0 Å². The summed E-state index contributed by atoms with van der Waals surface area (Å²) in [5.41, 5.74) is 3.20. The number of pyridine rings is 1. The lowest BCUT2D eigenvalue weighted by Crippen LogP contribution is -2.56.